The van der Waals surface area contributed by atoms with Crippen molar-refractivity contribution in [2.24, 2.45) is 0 Å². The Kier molecular flexibility index (Phi) is 7.85. The molecule has 0 bridgehead atoms. The molecule has 10 aromatic rings. The summed E-state index contributed by atoms with van der Waals surface area (Å²) in [6, 6.07) is 76.0. The standard InChI is InChI=1S/C52H35NO/c1-2-14-36(15-3-1)39-18-11-22-44(34-39)53(45-23-12-19-40(35-45)41-31-30-37-16-4-5-17-38(37)32-41)50-28-8-6-24-46(50)42-20-10-21-43(33-42)47-26-13-27-49-48-25-7-9-29-51(48)54-52(47)49/h1-35H. The van der Waals surface area contributed by atoms with E-state index >= 15 is 0 Å². The van der Waals surface area contributed by atoms with Crippen LogP contribution in [0.2, 0.25) is 0 Å². The first kappa shape index (κ1) is 31.6. The number of hydrogen-bond acceptors (Lipinski definition) is 2. The van der Waals surface area contributed by atoms with Gasteiger partial charge in [0.05, 0.1) is 5.69 Å². The Balaban J connectivity index is 1.14. The van der Waals surface area contributed by atoms with Gasteiger partial charge >= 0.3 is 0 Å². The monoisotopic (exact) mass is 689 g/mol. The Hall–Kier alpha value is -7.16. The molecular formula is C52H35NO. The molecule has 0 saturated carbocycles. The number of nitrogens with zero attached hydrogens (tertiary/aromatic N) is 1. The van der Waals surface area contributed by atoms with Gasteiger partial charge in [0, 0.05) is 33.3 Å². The van der Waals surface area contributed by atoms with E-state index in [4.69, 9.17) is 4.42 Å². The highest BCUT2D eigenvalue weighted by Crippen LogP contribution is 2.44. The van der Waals surface area contributed by atoms with Crippen LogP contribution in [0.15, 0.2) is 217 Å². The summed E-state index contributed by atoms with van der Waals surface area (Å²) in [5.74, 6) is 0. The molecule has 0 N–H and O–H groups in total. The summed E-state index contributed by atoms with van der Waals surface area (Å²) >= 11 is 0. The molecule has 0 spiro atoms. The fourth-order valence-electron chi connectivity index (χ4n) is 7.82. The molecule has 2 nitrogen and oxygen atoms in total. The van der Waals surface area contributed by atoms with Crippen LogP contribution in [0.1, 0.15) is 0 Å². The van der Waals surface area contributed by atoms with Gasteiger partial charge in [0.2, 0.25) is 0 Å². The smallest absolute Gasteiger partial charge is 0.143 e. The largest absolute Gasteiger partial charge is 0.455 e. The summed E-state index contributed by atoms with van der Waals surface area (Å²) in [5.41, 5.74) is 14.3. The van der Waals surface area contributed by atoms with Crippen molar-refractivity contribution in [1.29, 1.82) is 0 Å². The zero-order valence-corrected chi connectivity index (χ0v) is 29.6. The van der Waals surface area contributed by atoms with Crippen LogP contribution in [-0.4, -0.2) is 0 Å². The van der Waals surface area contributed by atoms with E-state index in [0.717, 1.165) is 61.3 Å². The molecule has 0 aliphatic rings. The fraction of sp³-hybridized carbons (Fsp3) is 0. The minimum atomic E-state index is 0.903. The topological polar surface area (TPSA) is 16.4 Å². The van der Waals surface area contributed by atoms with Gasteiger partial charge in [-0.3, -0.25) is 0 Å². The third-order valence-corrected chi connectivity index (χ3v) is 10.4. The lowest BCUT2D eigenvalue weighted by atomic mass is 9.95. The van der Waals surface area contributed by atoms with Crippen molar-refractivity contribution in [2.75, 3.05) is 4.90 Å². The van der Waals surface area contributed by atoms with Gasteiger partial charge in [0.1, 0.15) is 11.2 Å². The van der Waals surface area contributed by atoms with Crippen molar-refractivity contribution in [1.82, 2.24) is 0 Å². The Morgan fingerprint density at radius 1 is 0.315 bits per heavy atom. The molecule has 254 valence electrons. The molecule has 0 aliphatic carbocycles. The predicted octanol–water partition coefficient (Wildman–Crippen LogP) is 14.9. The van der Waals surface area contributed by atoms with Gasteiger partial charge in [-0.15, -0.1) is 0 Å². The number of fused-ring (bicyclic) bond motifs is 4. The van der Waals surface area contributed by atoms with Crippen LogP contribution in [0.3, 0.4) is 0 Å². The molecule has 10 rings (SSSR count). The molecule has 1 aromatic heterocycles. The lowest BCUT2D eigenvalue weighted by molar-refractivity contribution is 0.670. The zero-order chi connectivity index (χ0) is 35.8. The second-order valence-corrected chi connectivity index (χ2v) is 13.7. The summed E-state index contributed by atoms with van der Waals surface area (Å²) in [4.78, 5) is 2.40. The van der Waals surface area contributed by atoms with Crippen molar-refractivity contribution in [3.8, 4) is 44.5 Å². The van der Waals surface area contributed by atoms with Crippen LogP contribution in [0.5, 0.6) is 0 Å². The number of anilines is 3. The van der Waals surface area contributed by atoms with Gasteiger partial charge in [-0.1, -0.05) is 164 Å². The van der Waals surface area contributed by atoms with E-state index in [9.17, 15) is 0 Å². The number of benzene rings is 9. The van der Waals surface area contributed by atoms with E-state index in [0.29, 0.717) is 0 Å². The number of furan rings is 1. The summed E-state index contributed by atoms with van der Waals surface area (Å²) in [6.07, 6.45) is 0. The van der Waals surface area contributed by atoms with Crippen LogP contribution in [0.25, 0.3) is 77.2 Å². The molecule has 0 atom stereocenters. The fourth-order valence-corrected chi connectivity index (χ4v) is 7.82. The van der Waals surface area contributed by atoms with Gasteiger partial charge in [-0.25, -0.2) is 0 Å². The van der Waals surface area contributed by atoms with E-state index in [-0.39, 0.29) is 0 Å². The molecule has 9 aromatic carbocycles. The minimum Gasteiger partial charge on any atom is -0.455 e. The third kappa shape index (κ3) is 5.71. The van der Waals surface area contributed by atoms with Gasteiger partial charge in [-0.05, 0) is 92.7 Å². The first-order chi connectivity index (χ1) is 26.8. The Labute approximate surface area is 314 Å². The van der Waals surface area contributed by atoms with Gasteiger partial charge in [0.15, 0.2) is 0 Å². The average Bonchev–Trinajstić information content (AvgIpc) is 3.63. The molecule has 1 heterocycles. The van der Waals surface area contributed by atoms with Crippen LogP contribution < -0.4 is 4.90 Å². The Morgan fingerprint density at radius 3 is 1.70 bits per heavy atom. The molecule has 54 heavy (non-hydrogen) atoms. The minimum absolute atomic E-state index is 0.903. The van der Waals surface area contributed by atoms with Crippen molar-refractivity contribution in [2.45, 2.75) is 0 Å². The van der Waals surface area contributed by atoms with E-state index < -0.39 is 0 Å². The van der Waals surface area contributed by atoms with Gasteiger partial charge in [0.25, 0.3) is 0 Å². The highest BCUT2D eigenvalue weighted by Gasteiger charge is 2.19. The van der Waals surface area contributed by atoms with E-state index in [1.54, 1.807) is 0 Å². The SMILES string of the molecule is c1ccc(-c2cccc(N(c3cccc(-c4ccc5ccccc5c4)c3)c3ccccc3-c3cccc(-c4cccc5c4oc4ccccc45)c3)c2)cc1. The van der Waals surface area contributed by atoms with Crippen LogP contribution in [0, 0.1) is 0 Å². The second kappa shape index (κ2) is 13.4. The second-order valence-electron chi connectivity index (χ2n) is 13.7. The highest BCUT2D eigenvalue weighted by atomic mass is 16.3. The summed E-state index contributed by atoms with van der Waals surface area (Å²) in [7, 11) is 0. The van der Waals surface area contributed by atoms with Crippen LogP contribution >= 0.6 is 0 Å². The average molecular weight is 690 g/mol. The van der Waals surface area contributed by atoms with Crippen molar-refractivity contribution >= 4 is 49.8 Å². The van der Waals surface area contributed by atoms with E-state index in [1.165, 1.54) is 33.0 Å². The number of para-hydroxylation sites is 3. The van der Waals surface area contributed by atoms with Gasteiger partial charge < -0.3 is 9.32 Å². The zero-order valence-electron chi connectivity index (χ0n) is 29.6. The maximum Gasteiger partial charge on any atom is 0.143 e. The summed E-state index contributed by atoms with van der Waals surface area (Å²) < 4.78 is 6.47. The number of rotatable bonds is 7. The molecule has 0 saturated heterocycles. The molecule has 2 heteroatoms. The molecule has 0 fully saturated rings. The summed E-state index contributed by atoms with van der Waals surface area (Å²) in [6.45, 7) is 0. The van der Waals surface area contributed by atoms with Crippen LogP contribution in [-0.2, 0) is 0 Å². The van der Waals surface area contributed by atoms with Crippen molar-refractivity contribution in [3.05, 3.63) is 212 Å². The lowest BCUT2D eigenvalue weighted by Crippen LogP contribution is -2.11. The highest BCUT2D eigenvalue weighted by molar-refractivity contribution is 6.09. The Morgan fingerprint density at radius 2 is 0.870 bits per heavy atom. The van der Waals surface area contributed by atoms with E-state index in [2.05, 4.69) is 205 Å². The van der Waals surface area contributed by atoms with Gasteiger partial charge in [-0.2, -0.15) is 0 Å². The number of hydrogen-bond donors (Lipinski definition) is 0. The molecule has 0 aliphatic heterocycles. The van der Waals surface area contributed by atoms with Crippen molar-refractivity contribution in [3.63, 3.8) is 0 Å². The summed E-state index contributed by atoms with van der Waals surface area (Å²) in [5, 5.41) is 4.74. The predicted molar refractivity (Wildman–Crippen MR) is 228 cm³/mol. The first-order valence-electron chi connectivity index (χ1n) is 18.4. The maximum absolute atomic E-state index is 6.47. The lowest BCUT2D eigenvalue weighted by Gasteiger charge is -2.29. The molecule has 0 amide bonds. The molecule has 0 radical (unpaired) electrons. The first-order valence-corrected chi connectivity index (χ1v) is 18.4. The molecular weight excluding hydrogens is 655 g/mol. The van der Waals surface area contributed by atoms with Crippen LogP contribution in [0.4, 0.5) is 17.1 Å². The maximum atomic E-state index is 6.47. The third-order valence-electron chi connectivity index (χ3n) is 10.4. The quantitative estimate of drug-likeness (QED) is 0.166. The molecule has 0 unspecified atom stereocenters. The normalized spacial score (nSPS) is 11.3. The van der Waals surface area contributed by atoms with Crippen molar-refractivity contribution < 1.29 is 4.42 Å². The van der Waals surface area contributed by atoms with E-state index in [1.807, 2.05) is 12.1 Å². The Bertz CT molecular complexity index is 2960.